The molecule has 1 heterocycles. The quantitative estimate of drug-likeness (QED) is 0.660. The third-order valence-corrected chi connectivity index (χ3v) is 2.48. The Bertz CT molecular complexity index is 242. The van der Waals surface area contributed by atoms with Crippen molar-refractivity contribution in [2.24, 2.45) is 5.92 Å². The largest absolute Gasteiger partial charge is 0.466 e. The molecule has 1 rings (SSSR count). The van der Waals surface area contributed by atoms with E-state index in [1.165, 1.54) is 7.11 Å². The van der Waals surface area contributed by atoms with E-state index in [0.29, 0.717) is 26.1 Å². The summed E-state index contributed by atoms with van der Waals surface area (Å²) in [5.41, 5.74) is 0. The number of likely N-dealkylation sites (tertiary alicyclic amines) is 1. The zero-order chi connectivity index (χ0) is 11.3. The minimum atomic E-state index is -0.318. The predicted molar refractivity (Wildman–Crippen MR) is 53.3 cm³/mol. The summed E-state index contributed by atoms with van der Waals surface area (Å²) in [4.78, 5) is 24.0. The molecular formula is C10H17NO4. The molecule has 86 valence electrons. The second kappa shape index (κ2) is 5.58. The number of amides is 1. The molecule has 1 atom stereocenters. The van der Waals surface area contributed by atoms with Gasteiger partial charge in [0.15, 0.2) is 0 Å². The number of nitrogens with zero attached hydrogens (tertiary/aromatic N) is 1. The summed E-state index contributed by atoms with van der Waals surface area (Å²) < 4.78 is 9.46. The van der Waals surface area contributed by atoms with Gasteiger partial charge in [0.2, 0.25) is 0 Å². The van der Waals surface area contributed by atoms with Crippen molar-refractivity contribution >= 4 is 12.1 Å². The van der Waals surface area contributed by atoms with Crippen molar-refractivity contribution in [3.8, 4) is 0 Å². The average Bonchev–Trinajstić information content (AvgIpc) is 2.65. The standard InChI is InChI=1S/C10H17NO4/c1-3-15-9(12)6-8-4-5-11(7-8)10(13)14-2/h8H,3-7H2,1-2H3. The Hall–Kier alpha value is -1.26. The number of methoxy groups -OCH3 is 1. The van der Waals surface area contributed by atoms with E-state index >= 15 is 0 Å². The van der Waals surface area contributed by atoms with E-state index in [4.69, 9.17) is 4.74 Å². The zero-order valence-corrected chi connectivity index (χ0v) is 9.19. The van der Waals surface area contributed by atoms with Crippen LogP contribution in [0.1, 0.15) is 19.8 Å². The Morgan fingerprint density at radius 2 is 2.20 bits per heavy atom. The van der Waals surface area contributed by atoms with Crippen LogP contribution in [0.25, 0.3) is 0 Å². The van der Waals surface area contributed by atoms with E-state index in [1.54, 1.807) is 11.8 Å². The molecule has 0 aromatic rings. The molecule has 0 N–H and O–H groups in total. The first kappa shape index (κ1) is 11.8. The highest BCUT2D eigenvalue weighted by Gasteiger charge is 2.28. The van der Waals surface area contributed by atoms with Crippen LogP contribution in [0.4, 0.5) is 4.79 Å². The number of hydrogen-bond acceptors (Lipinski definition) is 4. The minimum Gasteiger partial charge on any atom is -0.466 e. The van der Waals surface area contributed by atoms with Gasteiger partial charge < -0.3 is 14.4 Å². The van der Waals surface area contributed by atoms with Crippen LogP contribution in [-0.2, 0) is 14.3 Å². The van der Waals surface area contributed by atoms with Crippen LogP contribution in [0, 0.1) is 5.92 Å². The van der Waals surface area contributed by atoms with Crippen LogP contribution in [0.3, 0.4) is 0 Å². The lowest BCUT2D eigenvalue weighted by Gasteiger charge is -2.14. The molecule has 1 amide bonds. The van der Waals surface area contributed by atoms with E-state index in [1.807, 2.05) is 0 Å². The summed E-state index contributed by atoms with van der Waals surface area (Å²) in [7, 11) is 1.36. The van der Waals surface area contributed by atoms with Crippen LogP contribution in [0.2, 0.25) is 0 Å². The fraction of sp³-hybridized carbons (Fsp3) is 0.800. The highest BCUT2D eigenvalue weighted by molar-refractivity contribution is 5.70. The molecule has 1 unspecified atom stereocenters. The lowest BCUT2D eigenvalue weighted by atomic mass is 10.1. The van der Waals surface area contributed by atoms with Crippen molar-refractivity contribution in [3.63, 3.8) is 0 Å². The Kier molecular flexibility index (Phi) is 4.39. The Morgan fingerprint density at radius 1 is 1.47 bits per heavy atom. The maximum Gasteiger partial charge on any atom is 0.409 e. The van der Waals surface area contributed by atoms with Crippen LogP contribution in [0.5, 0.6) is 0 Å². The monoisotopic (exact) mass is 215 g/mol. The Balaban J connectivity index is 2.30. The van der Waals surface area contributed by atoms with Gasteiger partial charge in [-0.1, -0.05) is 0 Å². The topological polar surface area (TPSA) is 55.8 Å². The van der Waals surface area contributed by atoms with Gasteiger partial charge in [-0.25, -0.2) is 4.79 Å². The summed E-state index contributed by atoms with van der Waals surface area (Å²) in [5.74, 6) is 0.0253. The maximum absolute atomic E-state index is 11.2. The molecule has 1 fully saturated rings. The number of hydrogen-bond donors (Lipinski definition) is 0. The second-order valence-electron chi connectivity index (χ2n) is 3.58. The Morgan fingerprint density at radius 3 is 2.80 bits per heavy atom. The molecule has 0 radical (unpaired) electrons. The van der Waals surface area contributed by atoms with Crippen molar-refractivity contribution in [1.29, 1.82) is 0 Å². The van der Waals surface area contributed by atoms with E-state index in [0.717, 1.165) is 6.42 Å². The highest BCUT2D eigenvalue weighted by Crippen LogP contribution is 2.20. The van der Waals surface area contributed by atoms with Gasteiger partial charge in [-0.15, -0.1) is 0 Å². The maximum atomic E-state index is 11.2. The average molecular weight is 215 g/mol. The summed E-state index contributed by atoms with van der Waals surface area (Å²) >= 11 is 0. The zero-order valence-electron chi connectivity index (χ0n) is 9.19. The third-order valence-electron chi connectivity index (χ3n) is 2.48. The van der Waals surface area contributed by atoms with Crippen molar-refractivity contribution in [3.05, 3.63) is 0 Å². The molecule has 1 saturated heterocycles. The normalized spacial score (nSPS) is 20.1. The summed E-state index contributed by atoms with van der Waals surface area (Å²) in [6, 6.07) is 0. The van der Waals surface area contributed by atoms with Gasteiger partial charge >= 0.3 is 12.1 Å². The molecule has 0 spiro atoms. The molecule has 5 heteroatoms. The summed E-state index contributed by atoms with van der Waals surface area (Å²) in [5, 5.41) is 0. The molecule has 15 heavy (non-hydrogen) atoms. The first-order chi connectivity index (χ1) is 7.17. The van der Waals surface area contributed by atoms with Crippen molar-refractivity contribution in [2.45, 2.75) is 19.8 Å². The number of esters is 1. The molecule has 0 saturated carbocycles. The molecule has 0 bridgehead atoms. The minimum absolute atomic E-state index is 0.186. The van der Waals surface area contributed by atoms with Gasteiger partial charge in [-0.2, -0.15) is 0 Å². The van der Waals surface area contributed by atoms with Crippen LogP contribution in [-0.4, -0.2) is 43.8 Å². The number of ether oxygens (including phenoxy) is 2. The first-order valence-corrected chi connectivity index (χ1v) is 5.15. The lowest BCUT2D eigenvalue weighted by Crippen LogP contribution is -2.28. The smallest absolute Gasteiger partial charge is 0.409 e. The molecule has 5 nitrogen and oxygen atoms in total. The van der Waals surface area contributed by atoms with Crippen molar-refractivity contribution in [1.82, 2.24) is 4.90 Å². The van der Waals surface area contributed by atoms with Gasteiger partial charge in [-0.05, 0) is 19.3 Å². The van der Waals surface area contributed by atoms with Crippen LogP contribution in [0.15, 0.2) is 0 Å². The summed E-state index contributed by atoms with van der Waals surface area (Å²) in [6.07, 6.45) is 0.913. The lowest BCUT2D eigenvalue weighted by molar-refractivity contribution is -0.144. The number of carbonyl (C=O) groups excluding carboxylic acids is 2. The molecule has 0 aromatic heterocycles. The predicted octanol–water partition coefficient (Wildman–Crippen LogP) is 1.03. The number of rotatable bonds is 3. The van der Waals surface area contributed by atoms with E-state index in [9.17, 15) is 9.59 Å². The highest BCUT2D eigenvalue weighted by atomic mass is 16.5. The van der Waals surface area contributed by atoms with Crippen LogP contribution < -0.4 is 0 Å². The van der Waals surface area contributed by atoms with Gasteiger partial charge in [0.25, 0.3) is 0 Å². The molecule has 1 aliphatic heterocycles. The van der Waals surface area contributed by atoms with Crippen molar-refractivity contribution in [2.75, 3.05) is 26.8 Å². The SMILES string of the molecule is CCOC(=O)CC1CCN(C(=O)OC)C1. The van der Waals surface area contributed by atoms with Crippen molar-refractivity contribution < 1.29 is 19.1 Å². The second-order valence-corrected chi connectivity index (χ2v) is 3.58. The molecule has 0 aromatic carbocycles. The first-order valence-electron chi connectivity index (χ1n) is 5.15. The Labute approximate surface area is 89.3 Å². The van der Waals surface area contributed by atoms with Gasteiger partial charge in [0.05, 0.1) is 20.1 Å². The fourth-order valence-corrected chi connectivity index (χ4v) is 1.75. The number of carbonyl (C=O) groups is 2. The van der Waals surface area contributed by atoms with E-state index in [2.05, 4.69) is 4.74 Å². The van der Waals surface area contributed by atoms with Gasteiger partial charge in [0.1, 0.15) is 0 Å². The molecule has 1 aliphatic rings. The van der Waals surface area contributed by atoms with E-state index < -0.39 is 0 Å². The molecular weight excluding hydrogens is 198 g/mol. The summed E-state index contributed by atoms with van der Waals surface area (Å²) in [6.45, 7) is 3.45. The van der Waals surface area contributed by atoms with Crippen LogP contribution >= 0.6 is 0 Å². The van der Waals surface area contributed by atoms with Gasteiger partial charge in [-0.3, -0.25) is 4.79 Å². The van der Waals surface area contributed by atoms with E-state index in [-0.39, 0.29) is 18.0 Å². The van der Waals surface area contributed by atoms with Gasteiger partial charge in [0, 0.05) is 13.1 Å². The third kappa shape index (κ3) is 3.42. The fourth-order valence-electron chi connectivity index (χ4n) is 1.75. The molecule has 0 aliphatic carbocycles.